The van der Waals surface area contributed by atoms with Crippen molar-refractivity contribution in [2.24, 2.45) is 0 Å². The predicted octanol–water partition coefficient (Wildman–Crippen LogP) is 1.84. The van der Waals surface area contributed by atoms with E-state index in [-0.39, 0.29) is 22.7 Å². The van der Waals surface area contributed by atoms with Crippen molar-refractivity contribution in [2.45, 2.75) is 6.92 Å². The van der Waals surface area contributed by atoms with Gasteiger partial charge in [0.2, 0.25) is 5.43 Å². The van der Waals surface area contributed by atoms with Gasteiger partial charge in [0.25, 0.3) is 5.91 Å². The molecule has 6 nitrogen and oxygen atoms in total. The molecular formula is C15H14N2O4. The van der Waals surface area contributed by atoms with Crippen molar-refractivity contribution in [1.82, 2.24) is 4.98 Å². The number of hydrogen-bond acceptors (Lipinski definition) is 4. The number of pyridine rings is 1. The summed E-state index contributed by atoms with van der Waals surface area (Å²) in [7, 11) is 1.37. The highest BCUT2D eigenvalue weighted by atomic mass is 16.5. The van der Waals surface area contributed by atoms with E-state index < -0.39 is 5.91 Å². The summed E-state index contributed by atoms with van der Waals surface area (Å²) in [5.41, 5.74) is 0.688. The Balaban J connectivity index is 2.22. The van der Waals surface area contributed by atoms with Gasteiger partial charge in [0.1, 0.15) is 5.69 Å². The summed E-state index contributed by atoms with van der Waals surface area (Å²) < 4.78 is 4.83. The average molecular weight is 286 g/mol. The molecule has 1 aromatic carbocycles. The first-order chi connectivity index (χ1) is 10.0. The normalized spacial score (nSPS) is 10.0. The van der Waals surface area contributed by atoms with Crippen LogP contribution in [0, 0.1) is 0 Å². The van der Waals surface area contributed by atoms with E-state index in [1.54, 1.807) is 24.3 Å². The third-order valence-electron chi connectivity index (χ3n) is 2.87. The summed E-state index contributed by atoms with van der Waals surface area (Å²) in [5.74, 6) is -0.440. The number of ether oxygens (including phenoxy) is 1. The van der Waals surface area contributed by atoms with E-state index in [1.165, 1.54) is 20.2 Å². The van der Waals surface area contributed by atoms with Crippen molar-refractivity contribution >= 4 is 17.4 Å². The van der Waals surface area contributed by atoms with Crippen LogP contribution >= 0.6 is 0 Å². The maximum atomic E-state index is 12.0. The lowest BCUT2D eigenvalue weighted by Crippen LogP contribution is -2.17. The lowest BCUT2D eigenvalue weighted by molar-refractivity contribution is 0.100. The average Bonchev–Trinajstić information content (AvgIpc) is 2.47. The van der Waals surface area contributed by atoms with Crippen LogP contribution in [0.5, 0.6) is 5.75 Å². The second kappa shape index (κ2) is 6.04. The Kier molecular flexibility index (Phi) is 4.18. The Morgan fingerprint density at radius 1 is 1.24 bits per heavy atom. The molecule has 0 saturated carbocycles. The van der Waals surface area contributed by atoms with Crippen LogP contribution in [0.2, 0.25) is 0 Å². The van der Waals surface area contributed by atoms with Crippen LogP contribution in [0.1, 0.15) is 27.8 Å². The highest BCUT2D eigenvalue weighted by Crippen LogP contribution is 2.12. The molecule has 0 atom stereocenters. The molecule has 0 aliphatic rings. The fourth-order valence-corrected chi connectivity index (χ4v) is 1.76. The quantitative estimate of drug-likeness (QED) is 0.839. The zero-order valence-electron chi connectivity index (χ0n) is 11.6. The van der Waals surface area contributed by atoms with Gasteiger partial charge in [-0.1, -0.05) is 12.1 Å². The van der Waals surface area contributed by atoms with Gasteiger partial charge in [-0.15, -0.1) is 0 Å². The van der Waals surface area contributed by atoms with E-state index in [0.29, 0.717) is 11.3 Å². The van der Waals surface area contributed by atoms with E-state index in [9.17, 15) is 14.4 Å². The van der Waals surface area contributed by atoms with E-state index in [1.807, 2.05) is 0 Å². The molecule has 0 aliphatic carbocycles. The molecule has 0 bridgehead atoms. The Bertz CT molecular complexity index is 749. The summed E-state index contributed by atoms with van der Waals surface area (Å²) in [6, 6.07) is 7.72. The molecule has 21 heavy (non-hydrogen) atoms. The summed E-state index contributed by atoms with van der Waals surface area (Å²) in [4.78, 5) is 37.6. The zero-order valence-corrected chi connectivity index (χ0v) is 11.6. The van der Waals surface area contributed by atoms with E-state index >= 15 is 0 Å². The standard InChI is InChI=1S/C15H14N2O4/c1-9(18)10-4-3-5-11(6-10)17-15(20)12-7-13(19)14(21-2)8-16-12/h3-8H,1-2H3,(H,16,19)(H,17,20). The van der Waals surface area contributed by atoms with Crippen molar-refractivity contribution in [3.05, 3.63) is 58.0 Å². The Morgan fingerprint density at radius 2 is 2.00 bits per heavy atom. The monoisotopic (exact) mass is 286 g/mol. The molecular weight excluding hydrogens is 272 g/mol. The number of ketones is 1. The molecule has 0 aliphatic heterocycles. The number of aromatic nitrogens is 1. The Morgan fingerprint density at radius 3 is 2.62 bits per heavy atom. The summed E-state index contributed by atoms with van der Waals surface area (Å²) in [6.45, 7) is 1.45. The second-order valence-corrected chi connectivity index (χ2v) is 4.37. The van der Waals surface area contributed by atoms with Crippen LogP contribution in [0.25, 0.3) is 0 Å². The molecule has 6 heteroatoms. The summed E-state index contributed by atoms with van der Waals surface area (Å²) >= 11 is 0. The fraction of sp³-hybridized carbons (Fsp3) is 0.133. The van der Waals surface area contributed by atoms with E-state index in [0.717, 1.165) is 6.07 Å². The number of hydrogen-bond donors (Lipinski definition) is 2. The van der Waals surface area contributed by atoms with Crippen molar-refractivity contribution in [2.75, 3.05) is 12.4 Å². The van der Waals surface area contributed by atoms with Gasteiger partial charge in [-0.3, -0.25) is 14.4 Å². The molecule has 2 rings (SSSR count). The number of carbonyl (C=O) groups is 2. The molecule has 0 unspecified atom stereocenters. The summed E-state index contributed by atoms with van der Waals surface area (Å²) in [6.07, 6.45) is 1.32. The van der Waals surface area contributed by atoms with Crippen LogP contribution in [0.15, 0.2) is 41.3 Å². The number of benzene rings is 1. The van der Waals surface area contributed by atoms with Crippen molar-refractivity contribution < 1.29 is 14.3 Å². The number of H-pyrrole nitrogens is 1. The first kappa shape index (κ1) is 14.5. The lowest BCUT2D eigenvalue weighted by atomic mass is 10.1. The van der Waals surface area contributed by atoms with Crippen molar-refractivity contribution in [3.63, 3.8) is 0 Å². The Labute approximate surface area is 120 Å². The maximum absolute atomic E-state index is 12.0. The topological polar surface area (TPSA) is 88.3 Å². The van der Waals surface area contributed by atoms with Crippen LogP contribution in [0.3, 0.4) is 0 Å². The van der Waals surface area contributed by atoms with E-state index in [2.05, 4.69) is 10.3 Å². The number of aromatic amines is 1. The van der Waals surface area contributed by atoms with Crippen molar-refractivity contribution in [3.8, 4) is 5.75 Å². The maximum Gasteiger partial charge on any atom is 0.272 e. The number of nitrogens with one attached hydrogen (secondary N) is 2. The van der Waals surface area contributed by atoms with Gasteiger partial charge in [-0.2, -0.15) is 0 Å². The number of Topliss-reactive ketones (excluding diaryl/α,β-unsaturated/α-hetero) is 1. The lowest BCUT2D eigenvalue weighted by Gasteiger charge is -2.07. The Hall–Kier alpha value is -2.89. The number of methoxy groups -OCH3 is 1. The molecule has 0 saturated heterocycles. The molecule has 1 aromatic heterocycles. The number of anilines is 1. The minimum atomic E-state index is -0.476. The van der Waals surface area contributed by atoms with Crippen molar-refractivity contribution in [1.29, 1.82) is 0 Å². The van der Waals surface area contributed by atoms with Gasteiger partial charge in [-0.25, -0.2) is 0 Å². The molecule has 2 N–H and O–H groups in total. The minimum absolute atomic E-state index is 0.0936. The highest BCUT2D eigenvalue weighted by Gasteiger charge is 2.10. The van der Waals surface area contributed by atoms with Crippen LogP contribution in [-0.2, 0) is 0 Å². The van der Waals surface area contributed by atoms with Gasteiger partial charge in [0.05, 0.1) is 7.11 Å². The van der Waals surface area contributed by atoms with E-state index in [4.69, 9.17) is 4.74 Å². The fourth-order valence-electron chi connectivity index (χ4n) is 1.76. The first-order valence-electron chi connectivity index (χ1n) is 6.20. The molecule has 2 aromatic rings. The minimum Gasteiger partial charge on any atom is -0.491 e. The first-order valence-corrected chi connectivity index (χ1v) is 6.20. The third kappa shape index (κ3) is 3.36. The van der Waals surface area contributed by atoms with Gasteiger partial charge in [-0.05, 0) is 19.1 Å². The molecule has 1 heterocycles. The molecule has 1 amide bonds. The molecule has 0 fully saturated rings. The highest BCUT2D eigenvalue weighted by molar-refractivity contribution is 6.03. The van der Waals surface area contributed by atoms with Gasteiger partial charge in [0, 0.05) is 23.5 Å². The SMILES string of the molecule is COc1c[nH]c(C(=O)Nc2cccc(C(C)=O)c2)cc1=O. The predicted molar refractivity (Wildman–Crippen MR) is 78.0 cm³/mol. The van der Waals surface area contributed by atoms with Gasteiger partial charge >= 0.3 is 0 Å². The van der Waals surface area contributed by atoms with Gasteiger partial charge in [0.15, 0.2) is 11.5 Å². The van der Waals surface area contributed by atoms with Crippen LogP contribution in [-0.4, -0.2) is 23.8 Å². The second-order valence-electron chi connectivity index (χ2n) is 4.37. The largest absolute Gasteiger partial charge is 0.491 e. The molecule has 0 spiro atoms. The number of rotatable bonds is 4. The number of carbonyl (C=O) groups excluding carboxylic acids is 2. The zero-order chi connectivity index (χ0) is 15.4. The van der Waals surface area contributed by atoms with Crippen LogP contribution < -0.4 is 15.5 Å². The smallest absolute Gasteiger partial charge is 0.272 e. The van der Waals surface area contributed by atoms with Crippen LogP contribution in [0.4, 0.5) is 5.69 Å². The molecule has 108 valence electrons. The molecule has 0 radical (unpaired) electrons. The third-order valence-corrected chi connectivity index (χ3v) is 2.87. The number of amides is 1. The van der Waals surface area contributed by atoms with Gasteiger partial charge < -0.3 is 15.0 Å². The summed E-state index contributed by atoms with van der Waals surface area (Å²) in [5, 5.41) is 2.62.